The van der Waals surface area contributed by atoms with E-state index < -0.39 is 10.0 Å². The third-order valence-electron chi connectivity index (χ3n) is 3.55. The van der Waals surface area contributed by atoms with E-state index >= 15 is 0 Å². The van der Waals surface area contributed by atoms with Gasteiger partial charge in [0.1, 0.15) is 0 Å². The molecule has 2 rings (SSSR count). The summed E-state index contributed by atoms with van der Waals surface area (Å²) in [6.45, 7) is 1.77. The lowest BCUT2D eigenvalue weighted by Gasteiger charge is -2.20. The van der Waals surface area contributed by atoms with Gasteiger partial charge in [0.05, 0.1) is 4.90 Å². The number of aryl methyl sites for hydroxylation is 1. The molecule has 2 unspecified atom stereocenters. The Balaban J connectivity index is 2.23. The predicted octanol–water partition coefficient (Wildman–Crippen LogP) is 2.14. The van der Waals surface area contributed by atoms with Crippen molar-refractivity contribution in [1.29, 1.82) is 0 Å². The van der Waals surface area contributed by atoms with Crippen LogP contribution in [0.1, 0.15) is 24.8 Å². The van der Waals surface area contributed by atoms with Gasteiger partial charge in [0.25, 0.3) is 0 Å². The Kier molecular flexibility index (Phi) is 4.43. The second kappa shape index (κ2) is 5.73. The summed E-state index contributed by atoms with van der Waals surface area (Å²) >= 11 is 1.74. The van der Waals surface area contributed by atoms with Gasteiger partial charge in [-0.1, -0.05) is 6.42 Å². The Morgan fingerprint density at radius 1 is 1.37 bits per heavy atom. The summed E-state index contributed by atoms with van der Waals surface area (Å²) in [6.07, 6.45) is 5.11. The van der Waals surface area contributed by atoms with Crippen molar-refractivity contribution in [2.75, 3.05) is 12.0 Å². The molecule has 0 amide bonds. The second-order valence-electron chi connectivity index (χ2n) is 4.96. The summed E-state index contributed by atoms with van der Waals surface area (Å²) in [5.74, 6) is 0. The maximum Gasteiger partial charge on any atom is 0.241 e. The van der Waals surface area contributed by atoms with Gasteiger partial charge in [0.15, 0.2) is 0 Å². The molecule has 1 aliphatic rings. The predicted molar refractivity (Wildman–Crippen MR) is 80.9 cm³/mol. The number of nitrogen functional groups attached to an aromatic ring is 1. The number of nitrogens with one attached hydrogen (secondary N) is 1. The number of thioether (sulfide) groups is 1. The minimum atomic E-state index is -3.45. The van der Waals surface area contributed by atoms with Crippen molar-refractivity contribution in [2.45, 2.75) is 42.4 Å². The first-order valence-electron chi connectivity index (χ1n) is 6.35. The smallest absolute Gasteiger partial charge is 0.241 e. The first-order chi connectivity index (χ1) is 8.94. The van der Waals surface area contributed by atoms with Gasteiger partial charge >= 0.3 is 0 Å². The number of hydrogen-bond donors (Lipinski definition) is 2. The lowest BCUT2D eigenvalue weighted by Crippen LogP contribution is -2.38. The molecule has 106 valence electrons. The second-order valence-corrected chi connectivity index (χ2v) is 7.72. The highest BCUT2D eigenvalue weighted by molar-refractivity contribution is 7.99. The number of rotatable bonds is 4. The summed E-state index contributed by atoms with van der Waals surface area (Å²) in [6, 6.07) is 4.94. The van der Waals surface area contributed by atoms with Crippen LogP contribution in [0.4, 0.5) is 5.69 Å². The van der Waals surface area contributed by atoms with E-state index in [9.17, 15) is 8.42 Å². The van der Waals surface area contributed by atoms with Crippen LogP contribution in [0.5, 0.6) is 0 Å². The van der Waals surface area contributed by atoms with Crippen LogP contribution in [0.15, 0.2) is 23.1 Å². The molecule has 2 atom stereocenters. The normalized spacial score (nSPS) is 23.7. The molecule has 6 heteroatoms. The highest BCUT2D eigenvalue weighted by atomic mass is 32.2. The van der Waals surface area contributed by atoms with Gasteiger partial charge in [-0.2, -0.15) is 11.8 Å². The molecule has 3 N–H and O–H groups in total. The summed E-state index contributed by atoms with van der Waals surface area (Å²) in [5, 5.41) is 0.379. The van der Waals surface area contributed by atoms with Gasteiger partial charge in [0, 0.05) is 17.0 Å². The lowest BCUT2D eigenvalue weighted by molar-refractivity contribution is 0.554. The molecule has 1 saturated carbocycles. The van der Waals surface area contributed by atoms with Gasteiger partial charge in [-0.05, 0) is 49.8 Å². The van der Waals surface area contributed by atoms with Crippen LogP contribution in [0.3, 0.4) is 0 Å². The Labute approximate surface area is 119 Å². The lowest BCUT2D eigenvalue weighted by atomic mass is 10.2. The summed E-state index contributed by atoms with van der Waals surface area (Å²) < 4.78 is 27.7. The van der Waals surface area contributed by atoms with Gasteiger partial charge in [-0.25, -0.2) is 13.1 Å². The average Bonchev–Trinajstić information content (AvgIpc) is 2.74. The third kappa shape index (κ3) is 3.24. The highest BCUT2D eigenvalue weighted by Gasteiger charge is 2.31. The van der Waals surface area contributed by atoms with Gasteiger partial charge in [-0.3, -0.25) is 0 Å². The molecule has 1 aliphatic carbocycles. The summed E-state index contributed by atoms with van der Waals surface area (Å²) in [5.41, 5.74) is 6.93. The molecule has 19 heavy (non-hydrogen) atoms. The molecule has 0 heterocycles. The molecule has 4 nitrogen and oxygen atoms in total. The Morgan fingerprint density at radius 3 is 2.74 bits per heavy atom. The quantitative estimate of drug-likeness (QED) is 0.836. The van der Waals surface area contributed by atoms with Crippen LogP contribution >= 0.6 is 11.8 Å². The molecule has 0 spiro atoms. The zero-order valence-electron chi connectivity index (χ0n) is 11.2. The first-order valence-corrected chi connectivity index (χ1v) is 9.12. The Morgan fingerprint density at radius 2 is 2.11 bits per heavy atom. The van der Waals surface area contributed by atoms with Crippen molar-refractivity contribution >= 4 is 27.5 Å². The molecule has 1 aromatic rings. The maximum atomic E-state index is 12.4. The summed E-state index contributed by atoms with van der Waals surface area (Å²) in [4.78, 5) is 0.327. The van der Waals surface area contributed by atoms with E-state index in [1.54, 1.807) is 36.9 Å². The van der Waals surface area contributed by atoms with Crippen molar-refractivity contribution in [3.8, 4) is 0 Å². The number of nitrogens with two attached hydrogens (primary N) is 1. The molecular weight excluding hydrogens is 280 g/mol. The molecule has 0 saturated heterocycles. The van der Waals surface area contributed by atoms with Gasteiger partial charge in [0.2, 0.25) is 10.0 Å². The average molecular weight is 300 g/mol. The molecule has 0 radical (unpaired) electrons. The Hall–Kier alpha value is -0.720. The molecule has 1 fully saturated rings. The van der Waals surface area contributed by atoms with E-state index in [1.165, 1.54) is 0 Å². The highest BCUT2D eigenvalue weighted by Crippen LogP contribution is 2.30. The number of hydrogen-bond acceptors (Lipinski definition) is 4. The first kappa shape index (κ1) is 14.7. The third-order valence-corrected chi connectivity index (χ3v) is 6.37. The van der Waals surface area contributed by atoms with E-state index in [-0.39, 0.29) is 6.04 Å². The molecule has 0 bridgehead atoms. The van der Waals surface area contributed by atoms with E-state index in [2.05, 4.69) is 4.72 Å². The van der Waals surface area contributed by atoms with Crippen molar-refractivity contribution in [3.05, 3.63) is 23.8 Å². The molecule has 0 aliphatic heterocycles. The van der Waals surface area contributed by atoms with Crippen molar-refractivity contribution in [2.24, 2.45) is 0 Å². The fourth-order valence-electron chi connectivity index (χ4n) is 2.58. The van der Waals surface area contributed by atoms with Crippen molar-refractivity contribution in [1.82, 2.24) is 4.72 Å². The number of benzene rings is 1. The van der Waals surface area contributed by atoms with Crippen LogP contribution in [-0.4, -0.2) is 26.0 Å². The van der Waals surface area contributed by atoms with Crippen LogP contribution < -0.4 is 10.5 Å². The van der Waals surface area contributed by atoms with Crippen LogP contribution in [0.25, 0.3) is 0 Å². The Bertz CT molecular complexity index is 558. The zero-order chi connectivity index (χ0) is 14.0. The number of anilines is 1. The SMILES string of the molecule is CSC1CCCC1NS(=O)(=O)c1ccc(N)cc1C. The van der Waals surface area contributed by atoms with E-state index in [4.69, 9.17) is 5.73 Å². The van der Waals surface area contributed by atoms with Crippen LogP contribution in [-0.2, 0) is 10.0 Å². The van der Waals surface area contributed by atoms with Gasteiger partial charge < -0.3 is 5.73 Å². The minimum absolute atomic E-state index is 0.0388. The standard InChI is InChI=1S/C13H20N2O2S2/c1-9-8-10(14)6-7-13(9)19(16,17)15-11-4-3-5-12(11)18-2/h6-8,11-12,15H,3-5,14H2,1-2H3. The monoisotopic (exact) mass is 300 g/mol. The topological polar surface area (TPSA) is 72.2 Å². The number of sulfonamides is 1. The van der Waals surface area contributed by atoms with Crippen LogP contribution in [0, 0.1) is 6.92 Å². The van der Waals surface area contributed by atoms with E-state index in [0.29, 0.717) is 21.4 Å². The summed E-state index contributed by atoms with van der Waals surface area (Å²) in [7, 11) is -3.45. The van der Waals surface area contributed by atoms with E-state index in [0.717, 1.165) is 19.3 Å². The van der Waals surface area contributed by atoms with Crippen molar-refractivity contribution < 1.29 is 8.42 Å². The van der Waals surface area contributed by atoms with Crippen molar-refractivity contribution in [3.63, 3.8) is 0 Å². The molecule has 0 aromatic heterocycles. The van der Waals surface area contributed by atoms with Crippen LogP contribution in [0.2, 0.25) is 0 Å². The minimum Gasteiger partial charge on any atom is -0.399 e. The largest absolute Gasteiger partial charge is 0.399 e. The zero-order valence-corrected chi connectivity index (χ0v) is 12.9. The molecule has 1 aromatic carbocycles. The van der Waals surface area contributed by atoms with Gasteiger partial charge in [-0.15, -0.1) is 0 Å². The fourth-order valence-corrected chi connectivity index (χ4v) is 5.14. The molecular formula is C13H20N2O2S2. The van der Waals surface area contributed by atoms with E-state index in [1.807, 2.05) is 6.26 Å². The fraction of sp³-hybridized carbons (Fsp3) is 0.538. The maximum absolute atomic E-state index is 12.4.